The molecule has 2 aromatic rings. The molecule has 0 spiro atoms. The second-order valence-corrected chi connectivity index (χ2v) is 3.55. The second-order valence-electron chi connectivity index (χ2n) is 3.16. The first-order chi connectivity index (χ1) is 8.15. The zero-order valence-corrected chi connectivity index (χ0v) is 9.36. The molecule has 0 aliphatic carbocycles. The fourth-order valence-corrected chi connectivity index (χ4v) is 1.31. The fourth-order valence-electron chi connectivity index (χ4n) is 1.11. The molecule has 17 heavy (non-hydrogen) atoms. The van der Waals surface area contributed by atoms with Crippen LogP contribution in [-0.2, 0) is 6.61 Å². The summed E-state index contributed by atoms with van der Waals surface area (Å²) in [6, 6.07) is 3.39. The van der Waals surface area contributed by atoms with Crippen LogP contribution in [0, 0.1) is 5.82 Å². The highest BCUT2D eigenvalue weighted by Crippen LogP contribution is 2.12. The lowest BCUT2D eigenvalue weighted by Gasteiger charge is -2.04. The van der Waals surface area contributed by atoms with E-state index < -0.39 is 5.82 Å². The van der Waals surface area contributed by atoms with Crippen LogP contribution >= 0.6 is 11.6 Å². The zero-order chi connectivity index (χ0) is 12.3. The van der Waals surface area contributed by atoms with Crippen LogP contribution in [-0.4, -0.2) is 15.0 Å². The van der Waals surface area contributed by atoms with Crippen molar-refractivity contribution < 1.29 is 9.13 Å². The maximum atomic E-state index is 12.8. The van der Waals surface area contributed by atoms with E-state index in [4.69, 9.17) is 22.1 Å². The third-order valence-corrected chi connectivity index (χ3v) is 2.11. The van der Waals surface area contributed by atoms with Gasteiger partial charge in [-0.15, -0.1) is 0 Å². The van der Waals surface area contributed by atoms with Crippen molar-refractivity contribution in [3.8, 4) is 6.01 Å². The molecule has 0 atom stereocenters. The standard InChI is InChI=1S/C10H8ClFN4O/c11-8-3-6(1-2-14-8)5-17-10-15-4-7(12)9(13)16-10/h1-4H,5H2,(H2,13,15,16). The van der Waals surface area contributed by atoms with E-state index in [0.717, 1.165) is 11.8 Å². The van der Waals surface area contributed by atoms with Gasteiger partial charge in [-0.3, -0.25) is 0 Å². The predicted molar refractivity (Wildman–Crippen MR) is 60.0 cm³/mol. The molecular formula is C10H8ClFN4O. The molecule has 0 radical (unpaired) electrons. The first-order valence-corrected chi connectivity index (χ1v) is 5.04. The van der Waals surface area contributed by atoms with Crippen molar-refractivity contribution in [3.63, 3.8) is 0 Å². The van der Waals surface area contributed by atoms with E-state index in [9.17, 15) is 4.39 Å². The molecule has 0 unspecified atom stereocenters. The van der Waals surface area contributed by atoms with Crippen LogP contribution in [0.15, 0.2) is 24.5 Å². The van der Waals surface area contributed by atoms with Crippen molar-refractivity contribution in [2.45, 2.75) is 6.61 Å². The lowest BCUT2D eigenvalue weighted by molar-refractivity contribution is 0.280. The summed E-state index contributed by atoms with van der Waals surface area (Å²) in [7, 11) is 0. The molecule has 0 fully saturated rings. The van der Waals surface area contributed by atoms with Gasteiger partial charge in [-0.2, -0.15) is 4.98 Å². The number of ether oxygens (including phenoxy) is 1. The van der Waals surface area contributed by atoms with E-state index in [0.29, 0.717) is 5.15 Å². The van der Waals surface area contributed by atoms with Gasteiger partial charge in [0.25, 0.3) is 0 Å². The van der Waals surface area contributed by atoms with Gasteiger partial charge in [-0.05, 0) is 17.7 Å². The normalized spacial score (nSPS) is 10.2. The summed E-state index contributed by atoms with van der Waals surface area (Å²) in [4.78, 5) is 11.1. The van der Waals surface area contributed by atoms with Gasteiger partial charge in [0.1, 0.15) is 11.8 Å². The Morgan fingerprint density at radius 1 is 1.41 bits per heavy atom. The molecule has 0 saturated heterocycles. The van der Waals surface area contributed by atoms with Gasteiger partial charge in [0, 0.05) is 6.20 Å². The predicted octanol–water partition coefficient (Wildman–Crippen LogP) is 1.83. The van der Waals surface area contributed by atoms with Crippen molar-refractivity contribution in [2.75, 3.05) is 5.73 Å². The third kappa shape index (κ3) is 3.01. The summed E-state index contributed by atoms with van der Waals surface area (Å²) in [5.74, 6) is -0.924. The second kappa shape index (κ2) is 4.92. The third-order valence-electron chi connectivity index (χ3n) is 1.91. The maximum absolute atomic E-state index is 12.8. The lowest BCUT2D eigenvalue weighted by Crippen LogP contribution is -2.03. The van der Waals surface area contributed by atoms with Crippen LogP contribution in [0.2, 0.25) is 5.15 Å². The maximum Gasteiger partial charge on any atom is 0.318 e. The summed E-state index contributed by atoms with van der Waals surface area (Å²) in [5, 5.41) is 0.366. The number of rotatable bonds is 3. The van der Waals surface area contributed by atoms with Crippen molar-refractivity contribution >= 4 is 17.4 Å². The number of nitrogens with two attached hydrogens (primary N) is 1. The lowest BCUT2D eigenvalue weighted by atomic mass is 10.3. The summed E-state index contributed by atoms with van der Waals surface area (Å²) < 4.78 is 18.0. The van der Waals surface area contributed by atoms with Gasteiger partial charge >= 0.3 is 6.01 Å². The molecular weight excluding hydrogens is 247 g/mol. The highest BCUT2D eigenvalue weighted by atomic mass is 35.5. The van der Waals surface area contributed by atoms with Gasteiger partial charge in [0.15, 0.2) is 11.6 Å². The molecule has 0 aliphatic rings. The fraction of sp³-hybridized carbons (Fsp3) is 0.100. The first-order valence-electron chi connectivity index (χ1n) is 4.66. The molecule has 0 bridgehead atoms. The summed E-state index contributed by atoms with van der Waals surface area (Å²) >= 11 is 5.71. The van der Waals surface area contributed by atoms with E-state index in [-0.39, 0.29) is 18.4 Å². The Morgan fingerprint density at radius 2 is 2.24 bits per heavy atom. The minimum Gasteiger partial charge on any atom is -0.459 e. The van der Waals surface area contributed by atoms with Crippen LogP contribution in [0.3, 0.4) is 0 Å². The molecule has 5 nitrogen and oxygen atoms in total. The molecule has 0 amide bonds. The highest BCUT2D eigenvalue weighted by molar-refractivity contribution is 6.29. The molecule has 0 saturated carbocycles. The number of nitrogen functional groups attached to an aromatic ring is 1. The van der Waals surface area contributed by atoms with E-state index in [1.807, 2.05) is 0 Å². The number of hydrogen-bond acceptors (Lipinski definition) is 5. The number of aromatic nitrogens is 3. The Hall–Kier alpha value is -1.95. The van der Waals surface area contributed by atoms with Crippen LogP contribution in [0.25, 0.3) is 0 Å². The smallest absolute Gasteiger partial charge is 0.318 e. The number of hydrogen-bond donors (Lipinski definition) is 1. The summed E-state index contributed by atoms with van der Waals surface area (Å²) in [5.41, 5.74) is 6.08. The van der Waals surface area contributed by atoms with Crippen LogP contribution < -0.4 is 10.5 Å². The van der Waals surface area contributed by atoms with Crippen LogP contribution in [0.4, 0.5) is 10.2 Å². The first kappa shape index (κ1) is 11.5. The highest BCUT2D eigenvalue weighted by Gasteiger charge is 2.04. The quantitative estimate of drug-likeness (QED) is 0.846. The van der Waals surface area contributed by atoms with E-state index in [2.05, 4.69) is 15.0 Å². The molecule has 2 heterocycles. The number of nitrogens with zero attached hydrogens (tertiary/aromatic N) is 3. The van der Waals surface area contributed by atoms with Gasteiger partial charge in [-0.1, -0.05) is 11.6 Å². The van der Waals surface area contributed by atoms with Gasteiger partial charge in [0.2, 0.25) is 0 Å². The average Bonchev–Trinajstić information content (AvgIpc) is 2.31. The van der Waals surface area contributed by atoms with Crippen molar-refractivity contribution in [1.82, 2.24) is 15.0 Å². The molecule has 7 heteroatoms. The van der Waals surface area contributed by atoms with E-state index in [1.165, 1.54) is 0 Å². The number of anilines is 1. The van der Waals surface area contributed by atoms with E-state index in [1.54, 1.807) is 18.3 Å². The topological polar surface area (TPSA) is 73.9 Å². The minimum atomic E-state index is -0.677. The SMILES string of the molecule is Nc1nc(OCc2ccnc(Cl)c2)ncc1F. The Bertz CT molecular complexity index is 537. The van der Waals surface area contributed by atoms with Crippen LogP contribution in [0.5, 0.6) is 6.01 Å². The van der Waals surface area contributed by atoms with E-state index >= 15 is 0 Å². The molecule has 2 aromatic heterocycles. The Kier molecular flexibility index (Phi) is 3.34. The molecule has 0 aliphatic heterocycles. The summed E-state index contributed by atoms with van der Waals surface area (Å²) in [6.45, 7) is 0.202. The molecule has 2 N–H and O–H groups in total. The van der Waals surface area contributed by atoms with Gasteiger partial charge in [-0.25, -0.2) is 14.4 Å². The van der Waals surface area contributed by atoms with Gasteiger partial charge in [0.05, 0.1) is 6.20 Å². The monoisotopic (exact) mass is 254 g/mol. The Labute approximate surface area is 101 Å². The van der Waals surface area contributed by atoms with Crippen molar-refractivity contribution in [3.05, 3.63) is 41.1 Å². The Balaban J connectivity index is 2.05. The number of halogens is 2. The molecule has 0 aromatic carbocycles. The van der Waals surface area contributed by atoms with Crippen LogP contribution in [0.1, 0.15) is 5.56 Å². The Morgan fingerprint density at radius 3 is 2.94 bits per heavy atom. The number of pyridine rings is 1. The molecule has 2 rings (SSSR count). The minimum absolute atomic E-state index is 0.0110. The van der Waals surface area contributed by atoms with Crippen molar-refractivity contribution in [1.29, 1.82) is 0 Å². The van der Waals surface area contributed by atoms with Crippen molar-refractivity contribution in [2.24, 2.45) is 0 Å². The largest absolute Gasteiger partial charge is 0.459 e. The zero-order valence-electron chi connectivity index (χ0n) is 8.60. The average molecular weight is 255 g/mol. The molecule has 88 valence electrons. The van der Waals surface area contributed by atoms with Gasteiger partial charge < -0.3 is 10.5 Å². The summed E-state index contributed by atoms with van der Waals surface area (Å²) in [6.07, 6.45) is 2.51.